The molecule has 3 rings (SSSR count). The maximum absolute atomic E-state index is 12.2. The van der Waals surface area contributed by atoms with Crippen molar-refractivity contribution in [2.24, 2.45) is 0 Å². The number of carbonyl (C=O) groups excluding carboxylic acids is 1. The third kappa shape index (κ3) is 4.92. The summed E-state index contributed by atoms with van der Waals surface area (Å²) in [5.41, 5.74) is 3.35. The molecule has 1 aromatic heterocycles. The van der Waals surface area contributed by atoms with Gasteiger partial charge in [0, 0.05) is 36.4 Å². The van der Waals surface area contributed by atoms with Crippen molar-refractivity contribution < 1.29 is 14.2 Å². The zero-order chi connectivity index (χ0) is 17.6. The normalized spacial score (nSPS) is 20.4. The second-order valence-corrected chi connectivity index (χ2v) is 7.06. The number of likely N-dealkylation sites (tertiary alicyclic amines) is 1. The van der Waals surface area contributed by atoms with Crippen molar-refractivity contribution in [2.75, 3.05) is 13.1 Å². The summed E-state index contributed by atoms with van der Waals surface area (Å²) < 4.78 is 5.15. The Morgan fingerprint density at radius 3 is 2.60 bits per heavy atom. The molecule has 1 aliphatic rings. The predicted molar refractivity (Wildman–Crippen MR) is 96.3 cm³/mol. The number of nitrogens with zero attached hydrogens (tertiary/aromatic N) is 1. The van der Waals surface area contributed by atoms with Gasteiger partial charge in [-0.15, -0.1) is 0 Å². The van der Waals surface area contributed by atoms with Crippen molar-refractivity contribution in [2.45, 2.75) is 52.1 Å². The van der Waals surface area contributed by atoms with E-state index in [1.54, 1.807) is 4.90 Å². The molecule has 2 aromatic rings. The Morgan fingerprint density at radius 2 is 1.96 bits per heavy atom. The highest BCUT2D eigenvalue weighted by atomic mass is 16.5. The van der Waals surface area contributed by atoms with Gasteiger partial charge in [-0.05, 0) is 20.3 Å². The standard InChI is InChI=1S/C20H27N3O2/c1-15-19(16(2)25-22-15)8-9-20(24)21-18-10-12-23(13-11-18)14-17-6-4-3-5-7-17/h3-7,18H,8-14H2,1-2H3,(H,21,24)/p+1. The third-order valence-corrected chi connectivity index (χ3v) is 5.14. The van der Waals surface area contributed by atoms with Crippen LogP contribution in [0.2, 0.25) is 0 Å². The number of quaternary nitrogens is 1. The molecule has 0 radical (unpaired) electrons. The molecule has 1 aliphatic heterocycles. The second kappa shape index (κ2) is 8.30. The molecular formula is C20H28N3O2+. The maximum Gasteiger partial charge on any atom is 0.220 e. The molecule has 1 aromatic carbocycles. The van der Waals surface area contributed by atoms with Gasteiger partial charge in [-0.1, -0.05) is 35.5 Å². The minimum absolute atomic E-state index is 0.136. The molecule has 1 fully saturated rings. The lowest BCUT2D eigenvalue weighted by Crippen LogP contribution is -3.12. The van der Waals surface area contributed by atoms with Gasteiger partial charge in [0.25, 0.3) is 0 Å². The van der Waals surface area contributed by atoms with Gasteiger partial charge < -0.3 is 14.7 Å². The largest absolute Gasteiger partial charge is 0.361 e. The summed E-state index contributed by atoms with van der Waals surface area (Å²) in [7, 11) is 0. The van der Waals surface area contributed by atoms with Crippen LogP contribution in [0.4, 0.5) is 0 Å². The first kappa shape index (κ1) is 17.7. The number of aromatic nitrogens is 1. The zero-order valence-corrected chi connectivity index (χ0v) is 15.2. The molecular weight excluding hydrogens is 314 g/mol. The molecule has 0 saturated carbocycles. The van der Waals surface area contributed by atoms with Crippen molar-refractivity contribution in [1.29, 1.82) is 0 Å². The molecule has 0 atom stereocenters. The van der Waals surface area contributed by atoms with E-state index in [0.717, 1.165) is 49.5 Å². The number of benzene rings is 1. The van der Waals surface area contributed by atoms with Crippen LogP contribution >= 0.6 is 0 Å². The van der Waals surface area contributed by atoms with E-state index in [9.17, 15) is 4.79 Å². The summed E-state index contributed by atoms with van der Waals surface area (Å²) in [6.07, 6.45) is 3.31. The van der Waals surface area contributed by atoms with E-state index in [1.807, 2.05) is 13.8 Å². The van der Waals surface area contributed by atoms with Crippen LogP contribution in [0.25, 0.3) is 0 Å². The zero-order valence-electron chi connectivity index (χ0n) is 15.2. The number of aryl methyl sites for hydroxylation is 2. The Labute approximate surface area is 149 Å². The van der Waals surface area contributed by atoms with Crippen molar-refractivity contribution in [1.82, 2.24) is 10.5 Å². The average molecular weight is 342 g/mol. The number of carbonyl (C=O) groups is 1. The number of hydrogen-bond acceptors (Lipinski definition) is 3. The molecule has 1 amide bonds. The molecule has 0 bridgehead atoms. The summed E-state index contributed by atoms with van der Waals surface area (Å²) in [5, 5.41) is 7.14. The Hall–Kier alpha value is -2.14. The van der Waals surface area contributed by atoms with Crippen LogP contribution in [0.5, 0.6) is 0 Å². The van der Waals surface area contributed by atoms with Crippen LogP contribution in [-0.2, 0) is 17.8 Å². The Kier molecular flexibility index (Phi) is 5.87. The fourth-order valence-corrected chi connectivity index (χ4v) is 3.63. The van der Waals surface area contributed by atoms with Gasteiger partial charge >= 0.3 is 0 Å². The van der Waals surface area contributed by atoms with Gasteiger partial charge in [0.05, 0.1) is 18.8 Å². The lowest BCUT2D eigenvalue weighted by atomic mass is 10.0. The molecule has 134 valence electrons. The quantitative estimate of drug-likeness (QED) is 0.838. The van der Waals surface area contributed by atoms with E-state index in [2.05, 4.69) is 40.8 Å². The SMILES string of the molecule is Cc1noc(C)c1CCC(=O)NC1CC[NH+](Cc2ccccc2)CC1. The van der Waals surface area contributed by atoms with Crippen LogP contribution in [0.15, 0.2) is 34.9 Å². The van der Waals surface area contributed by atoms with E-state index in [-0.39, 0.29) is 5.91 Å². The predicted octanol–water partition coefficient (Wildman–Crippen LogP) is 1.59. The Bertz CT molecular complexity index is 669. The lowest BCUT2D eigenvalue weighted by molar-refractivity contribution is -0.918. The Morgan fingerprint density at radius 1 is 1.24 bits per heavy atom. The number of hydrogen-bond donors (Lipinski definition) is 2. The first-order chi connectivity index (χ1) is 12.1. The van der Waals surface area contributed by atoms with Crippen molar-refractivity contribution in [3.05, 3.63) is 52.9 Å². The molecule has 25 heavy (non-hydrogen) atoms. The molecule has 0 unspecified atom stereocenters. The van der Waals surface area contributed by atoms with Gasteiger partial charge in [0.1, 0.15) is 12.3 Å². The smallest absolute Gasteiger partial charge is 0.220 e. The second-order valence-electron chi connectivity index (χ2n) is 7.06. The number of nitrogens with one attached hydrogen (secondary N) is 2. The molecule has 2 N–H and O–H groups in total. The first-order valence-electron chi connectivity index (χ1n) is 9.20. The minimum atomic E-state index is 0.136. The lowest BCUT2D eigenvalue weighted by Gasteiger charge is -2.29. The van der Waals surface area contributed by atoms with Gasteiger partial charge in [-0.25, -0.2) is 0 Å². The molecule has 5 heteroatoms. The van der Waals surface area contributed by atoms with Crippen LogP contribution in [0.3, 0.4) is 0 Å². The van der Waals surface area contributed by atoms with E-state index in [0.29, 0.717) is 18.9 Å². The summed E-state index contributed by atoms with van der Waals surface area (Å²) in [6, 6.07) is 11.0. The summed E-state index contributed by atoms with van der Waals surface area (Å²) >= 11 is 0. The highest BCUT2D eigenvalue weighted by Gasteiger charge is 2.23. The first-order valence-corrected chi connectivity index (χ1v) is 9.20. The number of piperidine rings is 1. The van der Waals surface area contributed by atoms with Crippen molar-refractivity contribution in [3.8, 4) is 0 Å². The summed E-state index contributed by atoms with van der Waals surface area (Å²) in [4.78, 5) is 13.8. The highest BCUT2D eigenvalue weighted by molar-refractivity contribution is 5.76. The van der Waals surface area contributed by atoms with Crippen LogP contribution in [0.1, 0.15) is 41.8 Å². The van der Waals surface area contributed by atoms with Gasteiger partial charge in [0.15, 0.2) is 0 Å². The van der Waals surface area contributed by atoms with Gasteiger partial charge in [0.2, 0.25) is 5.91 Å². The van der Waals surface area contributed by atoms with Gasteiger partial charge in [-0.2, -0.15) is 0 Å². The molecule has 0 aliphatic carbocycles. The summed E-state index contributed by atoms with van der Waals surface area (Å²) in [6.45, 7) is 7.13. The third-order valence-electron chi connectivity index (χ3n) is 5.14. The topological polar surface area (TPSA) is 59.6 Å². The van der Waals surface area contributed by atoms with E-state index < -0.39 is 0 Å². The van der Waals surface area contributed by atoms with E-state index in [1.165, 1.54) is 5.56 Å². The minimum Gasteiger partial charge on any atom is -0.361 e. The maximum atomic E-state index is 12.2. The highest BCUT2D eigenvalue weighted by Crippen LogP contribution is 2.14. The number of rotatable bonds is 6. The van der Waals surface area contributed by atoms with E-state index >= 15 is 0 Å². The summed E-state index contributed by atoms with van der Waals surface area (Å²) in [5.74, 6) is 0.958. The van der Waals surface area contributed by atoms with Crippen molar-refractivity contribution >= 4 is 5.91 Å². The fraction of sp³-hybridized carbons (Fsp3) is 0.500. The van der Waals surface area contributed by atoms with E-state index in [4.69, 9.17) is 4.52 Å². The van der Waals surface area contributed by atoms with Crippen LogP contribution < -0.4 is 10.2 Å². The number of amides is 1. The van der Waals surface area contributed by atoms with Gasteiger partial charge in [-0.3, -0.25) is 4.79 Å². The molecule has 0 spiro atoms. The van der Waals surface area contributed by atoms with Crippen LogP contribution in [-0.4, -0.2) is 30.2 Å². The molecule has 1 saturated heterocycles. The fourth-order valence-electron chi connectivity index (χ4n) is 3.63. The van der Waals surface area contributed by atoms with Crippen molar-refractivity contribution in [3.63, 3.8) is 0 Å². The monoisotopic (exact) mass is 342 g/mol. The van der Waals surface area contributed by atoms with Crippen LogP contribution in [0, 0.1) is 13.8 Å². The molecule has 5 nitrogen and oxygen atoms in total. The molecule has 2 heterocycles. The average Bonchev–Trinajstić information content (AvgIpc) is 2.94. The Balaban J connectivity index is 1.39.